The van der Waals surface area contributed by atoms with Gasteiger partial charge in [0.2, 0.25) is 0 Å². The molecule has 0 bridgehead atoms. The first-order valence-electron chi connectivity index (χ1n) is 8.54. The molecule has 3 aromatic rings. The van der Waals surface area contributed by atoms with E-state index >= 15 is 0 Å². The van der Waals surface area contributed by atoms with E-state index in [2.05, 4.69) is 9.97 Å². The van der Waals surface area contributed by atoms with Gasteiger partial charge in [-0.2, -0.15) is 0 Å². The number of likely N-dealkylation sites (tertiary alicyclic amines) is 1. The lowest BCUT2D eigenvalue weighted by Crippen LogP contribution is -2.40. The molecule has 1 aromatic carbocycles. The number of nitrogens with zero attached hydrogens (tertiary/aromatic N) is 3. The van der Waals surface area contributed by atoms with Gasteiger partial charge in [0.25, 0.3) is 5.91 Å². The average molecular weight is 336 g/mol. The zero-order valence-electron chi connectivity index (χ0n) is 14.1. The fraction of sp³-hybridized carbons (Fsp3) is 0.316. The number of fused-ring (bicyclic) bond motifs is 1. The monoisotopic (exact) mass is 336 g/mol. The Kier molecular flexibility index (Phi) is 3.87. The van der Waals surface area contributed by atoms with E-state index in [4.69, 9.17) is 0 Å². The Bertz CT molecular complexity index is 963. The van der Waals surface area contributed by atoms with Crippen LogP contribution in [-0.4, -0.2) is 38.4 Å². The molecule has 25 heavy (non-hydrogen) atoms. The molecular weight excluding hydrogens is 316 g/mol. The van der Waals surface area contributed by atoms with Crippen molar-refractivity contribution in [3.63, 3.8) is 0 Å². The van der Waals surface area contributed by atoms with Gasteiger partial charge in [0, 0.05) is 30.9 Å². The number of aromatic amines is 1. The van der Waals surface area contributed by atoms with E-state index in [0.29, 0.717) is 18.7 Å². The van der Waals surface area contributed by atoms with Crippen LogP contribution in [0.2, 0.25) is 0 Å². The highest BCUT2D eigenvalue weighted by Gasteiger charge is 2.26. The van der Waals surface area contributed by atoms with Crippen LogP contribution in [0.4, 0.5) is 0 Å². The number of carbonyl (C=O) groups excluding carboxylic acids is 1. The van der Waals surface area contributed by atoms with Crippen LogP contribution < -0.4 is 5.69 Å². The van der Waals surface area contributed by atoms with Crippen LogP contribution in [-0.2, 0) is 0 Å². The molecular formula is C19H20N4O2. The third-order valence-corrected chi connectivity index (χ3v) is 4.91. The van der Waals surface area contributed by atoms with Crippen LogP contribution in [0.1, 0.15) is 34.8 Å². The molecule has 3 heterocycles. The van der Waals surface area contributed by atoms with Crippen molar-refractivity contribution in [2.24, 2.45) is 0 Å². The predicted octanol–water partition coefficient (Wildman–Crippen LogP) is 2.51. The van der Waals surface area contributed by atoms with Crippen LogP contribution in [0.15, 0.2) is 47.4 Å². The zero-order valence-corrected chi connectivity index (χ0v) is 14.1. The normalized spacial score (nSPS) is 15.6. The number of nitrogens with one attached hydrogen (secondary N) is 1. The van der Waals surface area contributed by atoms with Gasteiger partial charge in [0.1, 0.15) is 0 Å². The molecule has 0 atom stereocenters. The number of hydrogen-bond acceptors (Lipinski definition) is 3. The van der Waals surface area contributed by atoms with Crippen molar-refractivity contribution in [1.29, 1.82) is 0 Å². The van der Waals surface area contributed by atoms with Crippen molar-refractivity contribution in [2.45, 2.75) is 25.8 Å². The van der Waals surface area contributed by atoms with Gasteiger partial charge in [-0.3, -0.25) is 14.3 Å². The van der Waals surface area contributed by atoms with E-state index in [-0.39, 0.29) is 17.6 Å². The number of H-pyrrole nitrogens is 1. The van der Waals surface area contributed by atoms with Gasteiger partial charge in [-0.05, 0) is 44.0 Å². The summed E-state index contributed by atoms with van der Waals surface area (Å²) in [5, 5.41) is 0. The summed E-state index contributed by atoms with van der Waals surface area (Å²) >= 11 is 0. The maximum Gasteiger partial charge on any atom is 0.327 e. The van der Waals surface area contributed by atoms with Gasteiger partial charge in [-0.15, -0.1) is 0 Å². The van der Waals surface area contributed by atoms with E-state index in [1.165, 1.54) is 0 Å². The molecule has 0 aliphatic carbocycles. The quantitative estimate of drug-likeness (QED) is 0.782. The Morgan fingerprint density at radius 1 is 1.16 bits per heavy atom. The number of aromatic nitrogens is 3. The molecule has 6 heteroatoms. The van der Waals surface area contributed by atoms with Crippen molar-refractivity contribution in [3.05, 3.63) is 64.2 Å². The number of amides is 1. The smallest absolute Gasteiger partial charge is 0.327 e. The Balaban J connectivity index is 1.51. The Labute approximate surface area is 145 Å². The second kappa shape index (κ2) is 6.20. The van der Waals surface area contributed by atoms with E-state index in [1.54, 1.807) is 10.8 Å². The first-order valence-corrected chi connectivity index (χ1v) is 8.54. The highest BCUT2D eigenvalue weighted by Crippen LogP contribution is 2.25. The minimum absolute atomic E-state index is 0.0615. The van der Waals surface area contributed by atoms with Crippen molar-refractivity contribution < 1.29 is 4.79 Å². The van der Waals surface area contributed by atoms with Gasteiger partial charge < -0.3 is 4.90 Å². The molecule has 1 aliphatic rings. The summed E-state index contributed by atoms with van der Waals surface area (Å²) in [7, 11) is 0. The Hall–Kier alpha value is -2.89. The SMILES string of the molecule is Cc1ccc(C(=O)N2CCC(n3c(=O)[nH]c4ncccc43)CC2)cc1. The molecule has 0 unspecified atom stereocenters. The number of carbonyl (C=O) groups is 1. The zero-order chi connectivity index (χ0) is 17.4. The van der Waals surface area contributed by atoms with Crippen LogP contribution in [0.5, 0.6) is 0 Å². The molecule has 0 saturated carbocycles. The van der Waals surface area contributed by atoms with Gasteiger partial charge >= 0.3 is 5.69 Å². The number of aryl methyl sites for hydroxylation is 1. The van der Waals surface area contributed by atoms with Gasteiger partial charge in [-0.1, -0.05) is 17.7 Å². The largest absolute Gasteiger partial charge is 0.338 e. The van der Waals surface area contributed by atoms with E-state index in [9.17, 15) is 9.59 Å². The summed E-state index contributed by atoms with van der Waals surface area (Å²) in [5.41, 5.74) is 3.18. The molecule has 1 fully saturated rings. The number of pyridine rings is 1. The molecule has 1 amide bonds. The lowest BCUT2D eigenvalue weighted by Gasteiger charge is -2.32. The maximum absolute atomic E-state index is 12.6. The lowest BCUT2D eigenvalue weighted by atomic mass is 10.0. The fourth-order valence-electron chi connectivity index (χ4n) is 3.53. The summed E-state index contributed by atoms with van der Waals surface area (Å²) in [4.78, 5) is 33.8. The topological polar surface area (TPSA) is 71.0 Å². The molecule has 1 saturated heterocycles. The molecule has 2 aromatic heterocycles. The Morgan fingerprint density at radius 3 is 2.60 bits per heavy atom. The van der Waals surface area contributed by atoms with Crippen LogP contribution >= 0.6 is 0 Å². The van der Waals surface area contributed by atoms with Gasteiger partial charge in [0.05, 0.1) is 5.52 Å². The van der Waals surface area contributed by atoms with E-state index < -0.39 is 0 Å². The summed E-state index contributed by atoms with van der Waals surface area (Å²) in [5.74, 6) is 0.0615. The first kappa shape index (κ1) is 15.6. The Morgan fingerprint density at radius 2 is 1.88 bits per heavy atom. The van der Waals surface area contributed by atoms with Crippen molar-refractivity contribution in [3.8, 4) is 0 Å². The van der Waals surface area contributed by atoms with Gasteiger partial charge in [-0.25, -0.2) is 9.78 Å². The summed E-state index contributed by atoms with van der Waals surface area (Å²) in [6, 6.07) is 11.5. The summed E-state index contributed by atoms with van der Waals surface area (Å²) < 4.78 is 1.79. The summed E-state index contributed by atoms with van der Waals surface area (Å²) in [6.07, 6.45) is 3.20. The average Bonchev–Trinajstić information content (AvgIpc) is 2.97. The summed E-state index contributed by atoms with van der Waals surface area (Å²) in [6.45, 7) is 3.31. The minimum atomic E-state index is -0.128. The van der Waals surface area contributed by atoms with Crippen molar-refractivity contribution in [2.75, 3.05) is 13.1 Å². The standard InChI is InChI=1S/C19H20N4O2/c1-13-4-6-14(7-5-13)18(24)22-11-8-15(9-12-22)23-16-3-2-10-20-17(16)21-19(23)25/h2-7,10,15H,8-9,11-12H2,1H3,(H,20,21,25). The number of piperidine rings is 1. The van der Waals surface area contributed by atoms with Crippen LogP contribution in [0.25, 0.3) is 11.2 Å². The van der Waals surface area contributed by atoms with Crippen molar-refractivity contribution >= 4 is 17.1 Å². The number of hydrogen-bond donors (Lipinski definition) is 1. The predicted molar refractivity (Wildman–Crippen MR) is 95.7 cm³/mol. The van der Waals surface area contributed by atoms with Crippen LogP contribution in [0, 0.1) is 6.92 Å². The number of rotatable bonds is 2. The molecule has 128 valence electrons. The first-order chi connectivity index (χ1) is 12.1. The lowest BCUT2D eigenvalue weighted by molar-refractivity contribution is 0.0695. The van der Waals surface area contributed by atoms with Gasteiger partial charge in [0.15, 0.2) is 5.65 Å². The molecule has 0 spiro atoms. The number of benzene rings is 1. The second-order valence-corrected chi connectivity index (χ2v) is 6.56. The highest BCUT2D eigenvalue weighted by molar-refractivity contribution is 5.94. The van der Waals surface area contributed by atoms with E-state index in [0.717, 1.165) is 29.5 Å². The minimum Gasteiger partial charge on any atom is -0.338 e. The molecule has 0 radical (unpaired) electrons. The molecule has 1 aliphatic heterocycles. The number of imidazole rings is 1. The molecule has 4 rings (SSSR count). The maximum atomic E-state index is 12.6. The fourth-order valence-corrected chi connectivity index (χ4v) is 3.53. The third kappa shape index (κ3) is 2.84. The molecule has 6 nitrogen and oxygen atoms in total. The van der Waals surface area contributed by atoms with E-state index in [1.807, 2.05) is 48.2 Å². The second-order valence-electron chi connectivity index (χ2n) is 6.56. The van der Waals surface area contributed by atoms with Crippen LogP contribution in [0.3, 0.4) is 0 Å². The molecule has 1 N–H and O–H groups in total. The third-order valence-electron chi connectivity index (χ3n) is 4.91. The highest BCUT2D eigenvalue weighted by atomic mass is 16.2. The van der Waals surface area contributed by atoms with Crippen molar-refractivity contribution in [1.82, 2.24) is 19.4 Å².